The van der Waals surface area contributed by atoms with Crippen LogP contribution in [0, 0.1) is 13.8 Å². The Kier molecular flexibility index (Phi) is 3.42. The molecule has 1 aromatic carbocycles. The van der Waals surface area contributed by atoms with Crippen molar-refractivity contribution in [2.45, 2.75) is 13.8 Å². The summed E-state index contributed by atoms with van der Waals surface area (Å²) in [5.74, 6) is 0.682. The summed E-state index contributed by atoms with van der Waals surface area (Å²) >= 11 is 0. The second kappa shape index (κ2) is 5.00. The molecule has 0 spiro atoms. The Labute approximate surface area is 106 Å². The van der Waals surface area contributed by atoms with E-state index in [1.807, 2.05) is 26.0 Å². The van der Waals surface area contributed by atoms with Crippen LogP contribution in [0.25, 0.3) is 0 Å². The van der Waals surface area contributed by atoms with Crippen molar-refractivity contribution in [3.8, 4) is 5.75 Å². The second-order valence-corrected chi connectivity index (χ2v) is 4.20. The third-order valence-electron chi connectivity index (χ3n) is 2.84. The molecule has 0 unspecified atom stereocenters. The second-order valence-electron chi connectivity index (χ2n) is 4.20. The van der Waals surface area contributed by atoms with Gasteiger partial charge in [-0.25, -0.2) is 0 Å². The largest absolute Gasteiger partial charge is 0.496 e. The number of pyridine rings is 1. The average Bonchev–Trinajstić information content (AvgIpc) is 2.39. The zero-order chi connectivity index (χ0) is 13.1. The lowest BCUT2D eigenvalue weighted by Crippen LogP contribution is -2.03. The Morgan fingerprint density at radius 3 is 2.44 bits per heavy atom. The molecule has 18 heavy (non-hydrogen) atoms. The standard InChI is InChI=1S/C15H15NO2/c1-10-4-6-12(8-14(10)18-3)15(17)13-7-5-11(2)16-9-13/h4-9H,1-3H3. The van der Waals surface area contributed by atoms with E-state index in [1.165, 1.54) is 0 Å². The molecule has 0 amide bonds. The molecule has 0 atom stereocenters. The molecule has 1 aromatic heterocycles. The van der Waals surface area contributed by atoms with Gasteiger partial charge < -0.3 is 4.74 Å². The number of benzene rings is 1. The van der Waals surface area contributed by atoms with Crippen LogP contribution in [0.1, 0.15) is 27.2 Å². The van der Waals surface area contributed by atoms with Crippen molar-refractivity contribution < 1.29 is 9.53 Å². The van der Waals surface area contributed by atoms with Gasteiger partial charge in [-0.15, -0.1) is 0 Å². The lowest BCUT2D eigenvalue weighted by molar-refractivity contribution is 0.103. The molecule has 0 bridgehead atoms. The minimum absolute atomic E-state index is 0.0409. The van der Waals surface area contributed by atoms with Crippen LogP contribution in [0.4, 0.5) is 0 Å². The molecule has 0 saturated carbocycles. The van der Waals surface area contributed by atoms with E-state index in [0.29, 0.717) is 11.1 Å². The molecule has 0 fully saturated rings. The van der Waals surface area contributed by atoms with Crippen molar-refractivity contribution in [1.29, 1.82) is 0 Å². The molecule has 0 N–H and O–H groups in total. The number of rotatable bonds is 3. The third kappa shape index (κ3) is 2.40. The number of ether oxygens (including phenoxy) is 1. The number of carbonyl (C=O) groups excluding carboxylic acids is 1. The minimum atomic E-state index is -0.0409. The van der Waals surface area contributed by atoms with Gasteiger partial charge in [-0.3, -0.25) is 9.78 Å². The van der Waals surface area contributed by atoms with Gasteiger partial charge in [0.25, 0.3) is 0 Å². The highest BCUT2D eigenvalue weighted by Gasteiger charge is 2.11. The fraction of sp³-hybridized carbons (Fsp3) is 0.200. The first-order valence-electron chi connectivity index (χ1n) is 5.74. The molecule has 0 aliphatic carbocycles. The van der Waals surface area contributed by atoms with Gasteiger partial charge in [-0.05, 0) is 37.6 Å². The van der Waals surface area contributed by atoms with Crippen LogP contribution in [-0.2, 0) is 0 Å². The lowest BCUT2D eigenvalue weighted by atomic mass is 10.0. The van der Waals surface area contributed by atoms with E-state index in [9.17, 15) is 4.79 Å². The van der Waals surface area contributed by atoms with Crippen molar-refractivity contribution in [2.24, 2.45) is 0 Å². The molecular formula is C15H15NO2. The van der Waals surface area contributed by atoms with Gasteiger partial charge in [-0.2, -0.15) is 0 Å². The molecule has 2 aromatic rings. The van der Waals surface area contributed by atoms with Crippen molar-refractivity contribution in [3.63, 3.8) is 0 Å². The Bertz CT molecular complexity index is 574. The first kappa shape index (κ1) is 12.3. The molecule has 3 heteroatoms. The molecule has 0 aliphatic heterocycles. The van der Waals surface area contributed by atoms with E-state index in [2.05, 4.69) is 4.98 Å². The molecule has 1 heterocycles. The summed E-state index contributed by atoms with van der Waals surface area (Å²) in [6.45, 7) is 3.84. The summed E-state index contributed by atoms with van der Waals surface area (Å²) in [5.41, 5.74) is 3.11. The van der Waals surface area contributed by atoms with Crippen molar-refractivity contribution in [3.05, 3.63) is 58.9 Å². The smallest absolute Gasteiger partial charge is 0.194 e. The molecule has 0 aliphatic rings. The first-order chi connectivity index (χ1) is 8.61. The summed E-state index contributed by atoms with van der Waals surface area (Å²) in [4.78, 5) is 16.4. The highest BCUT2D eigenvalue weighted by molar-refractivity contribution is 6.09. The number of aromatic nitrogens is 1. The van der Waals surface area contributed by atoms with Gasteiger partial charge in [0.1, 0.15) is 5.75 Å². The zero-order valence-electron chi connectivity index (χ0n) is 10.7. The van der Waals surface area contributed by atoms with Crippen molar-refractivity contribution in [1.82, 2.24) is 4.98 Å². The van der Waals surface area contributed by atoms with Crippen LogP contribution in [0.3, 0.4) is 0 Å². The van der Waals surface area contributed by atoms with Crippen LogP contribution in [0.5, 0.6) is 5.75 Å². The van der Waals surface area contributed by atoms with E-state index in [4.69, 9.17) is 4.74 Å². The minimum Gasteiger partial charge on any atom is -0.496 e. The molecule has 2 rings (SSSR count). The van der Waals surface area contributed by atoms with Gasteiger partial charge in [0.05, 0.1) is 7.11 Å². The van der Waals surface area contributed by atoms with E-state index < -0.39 is 0 Å². The van der Waals surface area contributed by atoms with E-state index in [0.717, 1.165) is 17.0 Å². The Balaban J connectivity index is 2.37. The predicted octanol–water partition coefficient (Wildman–Crippen LogP) is 2.94. The molecule has 0 saturated heterocycles. The van der Waals surface area contributed by atoms with E-state index >= 15 is 0 Å². The Morgan fingerprint density at radius 2 is 1.83 bits per heavy atom. The van der Waals surface area contributed by atoms with Gasteiger partial charge in [0, 0.05) is 23.0 Å². The number of hydrogen-bond donors (Lipinski definition) is 0. The molecule has 3 nitrogen and oxygen atoms in total. The number of nitrogens with zero attached hydrogens (tertiary/aromatic N) is 1. The number of hydrogen-bond acceptors (Lipinski definition) is 3. The summed E-state index contributed by atoms with van der Waals surface area (Å²) in [5, 5.41) is 0. The topological polar surface area (TPSA) is 39.2 Å². The summed E-state index contributed by atoms with van der Waals surface area (Å²) in [7, 11) is 1.60. The molecule has 92 valence electrons. The maximum atomic E-state index is 12.2. The van der Waals surface area contributed by atoms with Crippen LogP contribution >= 0.6 is 0 Å². The highest BCUT2D eigenvalue weighted by atomic mass is 16.5. The third-order valence-corrected chi connectivity index (χ3v) is 2.84. The predicted molar refractivity (Wildman–Crippen MR) is 70.1 cm³/mol. The van der Waals surface area contributed by atoms with Crippen LogP contribution in [-0.4, -0.2) is 17.9 Å². The molecule has 0 radical (unpaired) electrons. The summed E-state index contributed by atoms with van der Waals surface area (Å²) in [6, 6.07) is 9.07. The fourth-order valence-electron chi connectivity index (χ4n) is 1.73. The number of ketones is 1. The quantitative estimate of drug-likeness (QED) is 0.775. The maximum absolute atomic E-state index is 12.2. The van der Waals surface area contributed by atoms with E-state index in [-0.39, 0.29) is 5.78 Å². The van der Waals surface area contributed by atoms with Gasteiger partial charge in [0.2, 0.25) is 0 Å². The van der Waals surface area contributed by atoms with Gasteiger partial charge >= 0.3 is 0 Å². The monoisotopic (exact) mass is 241 g/mol. The average molecular weight is 241 g/mol. The summed E-state index contributed by atoms with van der Waals surface area (Å²) in [6.07, 6.45) is 1.60. The van der Waals surface area contributed by atoms with E-state index in [1.54, 1.807) is 31.5 Å². The Hall–Kier alpha value is -2.16. The number of carbonyl (C=O) groups is 1. The normalized spacial score (nSPS) is 10.2. The van der Waals surface area contributed by atoms with Gasteiger partial charge in [0.15, 0.2) is 5.78 Å². The lowest BCUT2D eigenvalue weighted by Gasteiger charge is -2.07. The first-order valence-corrected chi connectivity index (χ1v) is 5.74. The van der Waals surface area contributed by atoms with Crippen LogP contribution in [0.15, 0.2) is 36.5 Å². The summed E-state index contributed by atoms with van der Waals surface area (Å²) < 4.78 is 5.22. The van der Waals surface area contributed by atoms with Gasteiger partial charge in [-0.1, -0.05) is 12.1 Å². The SMILES string of the molecule is COc1cc(C(=O)c2ccc(C)nc2)ccc1C. The van der Waals surface area contributed by atoms with Crippen molar-refractivity contribution >= 4 is 5.78 Å². The zero-order valence-corrected chi connectivity index (χ0v) is 10.7. The fourth-order valence-corrected chi connectivity index (χ4v) is 1.73. The number of methoxy groups -OCH3 is 1. The Morgan fingerprint density at radius 1 is 1.11 bits per heavy atom. The number of aryl methyl sites for hydroxylation is 2. The van der Waals surface area contributed by atoms with Crippen molar-refractivity contribution in [2.75, 3.05) is 7.11 Å². The van der Waals surface area contributed by atoms with Crippen LogP contribution < -0.4 is 4.74 Å². The highest BCUT2D eigenvalue weighted by Crippen LogP contribution is 2.20. The van der Waals surface area contributed by atoms with Crippen LogP contribution in [0.2, 0.25) is 0 Å². The maximum Gasteiger partial charge on any atom is 0.194 e. The molecular weight excluding hydrogens is 226 g/mol.